The van der Waals surface area contributed by atoms with Gasteiger partial charge in [0, 0.05) is 34.8 Å². The zero-order chi connectivity index (χ0) is 37.0. The zero-order valence-corrected chi connectivity index (χ0v) is 31.8. The smallest absolute Gasteiger partial charge is 0.309 e. The second-order valence-electron chi connectivity index (χ2n) is 13.3. The average molecular weight is 742 g/mol. The first-order valence-electron chi connectivity index (χ1n) is 16.5. The number of rotatable bonds is 13. The van der Waals surface area contributed by atoms with E-state index in [1.807, 2.05) is 13.0 Å². The van der Waals surface area contributed by atoms with Gasteiger partial charge in [-0.05, 0) is 72.1 Å². The maximum Gasteiger partial charge on any atom is 0.309 e. The van der Waals surface area contributed by atoms with Crippen molar-refractivity contribution in [2.75, 3.05) is 10.6 Å². The molecule has 50 heavy (non-hydrogen) atoms. The van der Waals surface area contributed by atoms with Crippen molar-refractivity contribution in [3.8, 4) is 17.3 Å². The summed E-state index contributed by atoms with van der Waals surface area (Å²) in [6, 6.07) is 17.0. The van der Waals surface area contributed by atoms with Crippen LogP contribution in [0, 0.1) is 0 Å². The number of carbonyl (C=O) groups excluding carboxylic acids is 3. The molecule has 0 bridgehead atoms. The molecule has 0 aliphatic carbocycles. The Bertz CT molecular complexity index is 1880. The number of esters is 1. The predicted octanol–water partition coefficient (Wildman–Crippen LogP) is 10.2. The molecular formula is C38H43Cl3N4O5. The van der Waals surface area contributed by atoms with Crippen LogP contribution in [-0.4, -0.2) is 33.7 Å². The quantitative estimate of drug-likeness (QED) is 0.132. The van der Waals surface area contributed by atoms with Gasteiger partial charge in [0.2, 0.25) is 5.88 Å². The van der Waals surface area contributed by atoms with Gasteiger partial charge < -0.3 is 20.1 Å². The normalized spacial score (nSPS) is 12.3. The fourth-order valence-corrected chi connectivity index (χ4v) is 6.12. The van der Waals surface area contributed by atoms with E-state index in [1.165, 1.54) is 35.4 Å². The molecule has 0 spiro atoms. The van der Waals surface area contributed by atoms with Crippen LogP contribution in [0.2, 0.25) is 15.1 Å². The predicted molar refractivity (Wildman–Crippen MR) is 201 cm³/mol. The Balaban J connectivity index is 1.54. The molecule has 0 aliphatic heterocycles. The zero-order valence-electron chi connectivity index (χ0n) is 29.5. The van der Waals surface area contributed by atoms with Gasteiger partial charge in [0.05, 0.1) is 10.0 Å². The molecule has 0 fully saturated rings. The number of halogens is 3. The molecule has 4 aromatic rings. The van der Waals surface area contributed by atoms with E-state index in [0.29, 0.717) is 22.9 Å². The summed E-state index contributed by atoms with van der Waals surface area (Å²) in [5.41, 5.74) is 2.96. The lowest BCUT2D eigenvalue weighted by Gasteiger charge is -2.31. The number of hydrogen-bond acceptors (Lipinski definition) is 6. The maximum absolute atomic E-state index is 13.5. The number of nitrogens with one attached hydrogen (secondary N) is 2. The van der Waals surface area contributed by atoms with E-state index in [0.717, 1.165) is 18.4 Å². The number of carbonyl (C=O) groups is 3. The number of benzene rings is 3. The number of hydrogen-bond donors (Lipinski definition) is 2. The largest absolute Gasteiger partial charge is 0.480 e. The van der Waals surface area contributed by atoms with Crippen LogP contribution in [0.5, 0.6) is 11.6 Å². The third-order valence-corrected chi connectivity index (χ3v) is 9.74. The maximum atomic E-state index is 13.5. The van der Waals surface area contributed by atoms with Crippen LogP contribution in [0.25, 0.3) is 5.69 Å². The van der Waals surface area contributed by atoms with Crippen LogP contribution in [0.1, 0.15) is 96.1 Å². The van der Waals surface area contributed by atoms with Crippen molar-refractivity contribution in [1.82, 2.24) is 9.78 Å². The van der Waals surface area contributed by atoms with Crippen LogP contribution < -0.4 is 20.1 Å². The van der Waals surface area contributed by atoms with Gasteiger partial charge in [-0.3, -0.25) is 14.4 Å². The molecule has 0 radical (unpaired) electrons. The third kappa shape index (κ3) is 8.99. The number of amides is 2. The molecule has 1 unspecified atom stereocenters. The Hall–Kier alpha value is -4.05. The van der Waals surface area contributed by atoms with E-state index >= 15 is 0 Å². The Morgan fingerprint density at radius 3 is 2.12 bits per heavy atom. The lowest BCUT2D eigenvalue weighted by molar-refractivity contribution is -0.132. The summed E-state index contributed by atoms with van der Waals surface area (Å²) in [6.07, 6.45) is 1.53. The summed E-state index contributed by atoms with van der Waals surface area (Å²) in [5, 5.41) is 10.6. The van der Waals surface area contributed by atoms with Crippen molar-refractivity contribution in [2.24, 2.45) is 0 Å². The van der Waals surface area contributed by atoms with Gasteiger partial charge in [-0.15, -0.1) is 5.10 Å². The molecule has 9 nitrogen and oxygen atoms in total. The van der Waals surface area contributed by atoms with Crippen LogP contribution in [0.4, 0.5) is 11.5 Å². The van der Waals surface area contributed by atoms with Gasteiger partial charge in [-0.2, -0.15) is 4.68 Å². The van der Waals surface area contributed by atoms with Crippen molar-refractivity contribution in [3.05, 3.63) is 92.4 Å². The SMILES string of the molecule is CCC(Oc1ccc(C(C)(C)CC)cc1C(C)(C)CC)C(=O)Nc1cccc(C(=O)Nc2cc(OC(C)=O)n(-c3c(Cl)cc(Cl)cc3Cl)n2)c1. The Kier molecular flexibility index (Phi) is 12.3. The summed E-state index contributed by atoms with van der Waals surface area (Å²) in [4.78, 5) is 38.7. The molecule has 1 heterocycles. The van der Waals surface area contributed by atoms with Crippen molar-refractivity contribution in [2.45, 2.75) is 91.6 Å². The Labute approximate surface area is 308 Å². The monoisotopic (exact) mass is 740 g/mol. The Morgan fingerprint density at radius 2 is 1.52 bits per heavy atom. The van der Waals surface area contributed by atoms with E-state index < -0.39 is 18.0 Å². The van der Waals surface area contributed by atoms with E-state index in [1.54, 1.807) is 24.3 Å². The third-order valence-electron chi connectivity index (χ3n) is 8.94. The molecule has 0 aliphatic rings. The lowest BCUT2D eigenvalue weighted by atomic mass is 9.76. The average Bonchev–Trinajstić information content (AvgIpc) is 3.43. The summed E-state index contributed by atoms with van der Waals surface area (Å²) in [6.45, 7) is 16.2. The van der Waals surface area contributed by atoms with Gasteiger partial charge in [0.1, 0.15) is 11.4 Å². The van der Waals surface area contributed by atoms with Crippen molar-refractivity contribution in [3.63, 3.8) is 0 Å². The minimum Gasteiger partial charge on any atom is -0.480 e. The first-order valence-corrected chi connectivity index (χ1v) is 17.6. The topological polar surface area (TPSA) is 112 Å². The molecule has 0 saturated heterocycles. The number of anilines is 2. The highest BCUT2D eigenvalue weighted by molar-refractivity contribution is 6.40. The van der Waals surface area contributed by atoms with Gasteiger partial charge in [0.25, 0.3) is 11.8 Å². The Morgan fingerprint density at radius 1 is 0.860 bits per heavy atom. The minimum atomic E-state index is -0.779. The highest BCUT2D eigenvalue weighted by Gasteiger charge is 2.29. The number of aromatic nitrogens is 2. The second kappa shape index (κ2) is 15.9. The molecule has 12 heteroatoms. The second-order valence-corrected chi connectivity index (χ2v) is 14.6. The van der Waals surface area contributed by atoms with Gasteiger partial charge >= 0.3 is 5.97 Å². The van der Waals surface area contributed by atoms with Gasteiger partial charge in [0.15, 0.2) is 11.9 Å². The number of nitrogens with zero attached hydrogens (tertiary/aromatic N) is 2. The lowest BCUT2D eigenvalue weighted by Crippen LogP contribution is -2.33. The molecule has 2 amide bonds. The van der Waals surface area contributed by atoms with E-state index in [2.05, 4.69) is 69.4 Å². The van der Waals surface area contributed by atoms with Crippen LogP contribution in [0.15, 0.2) is 60.7 Å². The highest BCUT2D eigenvalue weighted by Crippen LogP contribution is 2.39. The molecule has 266 valence electrons. The van der Waals surface area contributed by atoms with Crippen LogP contribution >= 0.6 is 34.8 Å². The summed E-state index contributed by atoms with van der Waals surface area (Å²) < 4.78 is 12.9. The van der Waals surface area contributed by atoms with Crippen LogP contribution in [0.3, 0.4) is 0 Å². The molecule has 4 rings (SSSR count). The minimum absolute atomic E-state index is 0.00126. The molecule has 1 atom stereocenters. The van der Waals surface area contributed by atoms with E-state index in [-0.39, 0.29) is 49.7 Å². The first kappa shape index (κ1) is 38.7. The van der Waals surface area contributed by atoms with Crippen molar-refractivity contribution < 1.29 is 23.9 Å². The number of ether oxygens (including phenoxy) is 2. The fourth-order valence-electron chi connectivity index (χ4n) is 5.14. The molecular weight excluding hydrogens is 699 g/mol. The standard InChI is InChI=1S/C38H43Cl3N4O5/c1-9-30(50-31-16-15-24(37(5,6)10-2)18-27(31)38(7,8)11-3)36(48)42-26-14-12-13-23(17-26)35(47)43-32-21-33(49-22(4)46)45(44-32)34-28(40)19-25(39)20-29(34)41/h12-21,30H,9-11H2,1-8H3,(H,42,48)(H,43,44,47). The molecule has 0 saturated carbocycles. The van der Waals surface area contributed by atoms with Gasteiger partial charge in [-0.25, -0.2) is 0 Å². The molecule has 3 aromatic carbocycles. The highest BCUT2D eigenvalue weighted by atomic mass is 35.5. The molecule has 1 aromatic heterocycles. The fraction of sp³-hybridized carbons (Fsp3) is 0.368. The van der Waals surface area contributed by atoms with E-state index in [9.17, 15) is 14.4 Å². The summed E-state index contributed by atoms with van der Waals surface area (Å²) >= 11 is 18.8. The van der Waals surface area contributed by atoms with Gasteiger partial charge in [-0.1, -0.05) is 101 Å². The van der Waals surface area contributed by atoms with E-state index in [4.69, 9.17) is 44.3 Å². The molecule has 2 N–H and O–H groups in total. The van der Waals surface area contributed by atoms with Crippen molar-refractivity contribution >= 4 is 64.1 Å². The summed E-state index contributed by atoms with van der Waals surface area (Å²) in [7, 11) is 0. The van der Waals surface area contributed by atoms with Crippen LogP contribution in [-0.2, 0) is 20.4 Å². The first-order chi connectivity index (χ1) is 23.5. The summed E-state index contributed by atoms with van der Waals surface area (Å²) in [5.74, 6) is -0.786. The van der Waals surface area contributed by atoms with Crippen molar-refractivity contribution in [1.29, 1.82) is 0 Å².